The van der Waals surface area contributed by atoms with Crippen LogP contribution in [-0.2, 0) is 25.7 Å². The highest BCUT2D eigenvalue weighted by molar-refractivity contribution is 9.10. The van der Waals surface area contributed by atoms with Gasteiger partial charge in [-0.25, -0.2) is 4.79 Å². The highest BCUT2D eigenvalue weighted by Crippen LogP contribution is 2.28. The van der Waals surface area contributed by atoms with Crippen LogP contribution in [0, 0.1) is 0 Å². The fourth-order valence-electron chi connectivity index (χ4n) is 3.18. The largest absolute Gasteiger partial charge is 0.383 e. The van der Waals surface area contributed by atoms with Gasteiger partial charge in [0.05, 0.1) is 6.61 Å². The molecule has 1 aromatic carbocycles. The number of ether oxygens (including phenoxy) is 1. The molecule has 2 heterocycles. The van der Waals surface area contributed by atoms with Crippen molar-refractivity contribution in [1.82, 2.24) is 19.7 Å². The molecule has 2 aromatic rings. The van der Waals surface area contributed by atoms with Gasteiger partial charge in [0.1, 0.15) is 12.1 Å². The number of urea groups is 1. The Hall–Kier alpha value is -2.98. The smallest absolute Gasteiger partial charge is 0.333 e. The number of hydrogen-bond donors (Lipinski definition) is 1. The lowest BCUT2D eigenvalue weighted by Crippen LogP contribution is -2.52. The standard InChI is InChI=1S/C20H21BrN4O5/c1-23-18(27)15(19(28)24(2)20(23)29)8-12-10-25(11-17(26)22-6-7-30-3)16-5-4-13(21)9-14(12)16/h4-5,8-10H,6-7,11H2,1-3H3,(H,22,26). The number of hydrogen-bond acceptors (Lipinski definition) is 5. The third-order valence-corrected chi connectivity index (χ3v) is 5.25. The maximum absolute atomic E-state index is 12.5. The highest BCUT2D eigenvalue weighted by Gasteiger charge is 2.38. The van der Waals surface area contributed by atoms with Crippen LogP contribution in [0.2, 0.25) is 0 Å². The van der Waals surface area contributed by atoms with E-state index in [2.05, 4.69) is 21.2 Å². The molecule has 0 atom stereocenters. The average molecular weight is 477 g/mol. The Bertz CT molecular complexity index is 1050. The average Bonchev–Trinajstić information content (AvgIpc) is 3.04. The molecule has 0 radical (unpaired) electrons. The predicted octanol–water partition coefficient (Wildman–Crippen LogP) is 1.60. The third-order valence-electron chi connectivity index (χ3n) is 4.76. The quantitative estimate of drug-likeness (QED) is 0.387. The number of amides is 5. The molecule has 9 nitrogen and oxygen atoms in total. The van der Waals surface area contributed by atoms with Crippen LogP contribution in [0.25, 0.3) is 17.0 Å². The van der Waals surface area contributed by atoms with Crippen LogP contribution in [0.4, 0.5) is 4.79 Å². The number of aromatic nitrogens is 1. The molecule has 0 spiro atoms. The molecular weight excluding hydrogens is 456 g/mol. The zero-order valence-electron chi connectivity index (χ0n) is 16.8. The first-order valence-corrected chi connectivity index (χ1v) is 9.89. The molecule has 1 aliphatic heterocycles. The van der Waals surface area contributed by atoms with E-state index in [9.17, 15) is 19.2 Å². The van der Waals surface area contributed by atoms with Gasteiger partial charge in [-0.3, -0.25) is 24.2 Å². The first-order chi connectivity index (χ1) is 14.2. The molecule has 3 rings (SSSR count). The van der Waals surface area contributed by atoms with Gasteiger partial charge in [-0.2, -0.15) is 0 Å². The van der Waals surface area contributed by atoms with Crippen molar-refractivity contribution in [2.24, 2.45) is 0 Å². The van der Waals surface area contributed by atoms with Crippen LogP contribution in [0.1, 0.15) is 5.56 Å². The lowest BCUT2D eigenvalue weighted by Gasteiger charge is -2.28. The van der Waals surface area contributed by atoms with Gasteiger partial charge < -0.3 is 14.6 Å². The summed E-state index contributed by atoms with van der Waals surface area (Å²) in [4.78, 5) is 51.1. The van der Waals surface area contributed by atoms with Crippen LogP contribution in [0.3, 0.4) is 0 Å². The molecule has 0 bridgehead atoms. The number of barbiturate groups is 1. The summed E-state index contributed by atoms with van der Waals surface area (Å²) in [7, 11) is 4.21. The predicted molar refractivity (Wildman–Crippen MR) is 113 cm³/mol. The van der Waals surface area contributed by atoms with E-state index in [0.29, 0.717) is 18.7 Å². The number of halogens is 1. The first-order valence-electron chi connectivity index (χ1n) is 9.10. The second-order valence-corrected chi connectivity index (χ2v) is 7.70. The molecule has 1 aromatic heterocycles. The van der Waals surface area contributed by atoms with Gasteiger partial charge in [0.15, 0.2) is 0 Å². The topological polar surface area (TPSA) is 101 Å². The lowest BCUT2D eigenvalue weighted by molar-refractivity contribution is -0.134. The summed E-state index contributed by atoms with van der Waals surface area (Å²) in [6.45, 7) is 0.865. The van der Waals surface area contributed by atoms with Crippen molar-refractivity contribution in [3.8, 4) is 0 Å². The van der Waals surface area contributed by atoms with Crippen LogP contribution >= 0.6 is 15.9 Å². The molecule has 30 heavy (non-hydrogen) atoms. The van der Waals surface area contributed by atoms with E-state index in [4.69, 9.17) is 4.74 Å². The maximum Gasteiger partial charge on any atom is 0.333 e. The Balaban J connectivity index is 2.02. The molecule has 1 N–H and O–H groups in total. The number of rotatable bonds is 6. The van der Waals surface area contributed by atoms with Crippen molar-refractivity contribution in [3.63, 3.8) is 0 Å². The van der Waals surface area contributed by atoms with E-state index in [0.717, 1.165) is 25.2 Å². The van der Waals surface area contributed by atoms with Crippen LogP contribution < -0.4 is 5.32 Å². The molecule has 0 aliphatic carbocycles. The van der Waals surface area contributed by atoms with Crippen LogP contribution in [-0.4, -0.2) is 72.5 Å². The molecule has 158 valence electrons. The summed E-state index contributed by atoms with van der Waals surface area (Å²) in [5, 5.41) is 3.51. The van der Waals surface area contributed by atoms with Crippen molar-refractivity contribution in [2.75, 3.05) is 34.4 Å². The van der Waals surface area contributed by atoms with Gasteiger partial charge in [0, 0.05) is 54.9 Å². The molecule has 1 saturated heterocycles. The molecule has 0 saturated carbocycles. The second kappa shape index (κ2) is 8.80. The van der Waals surface area contributed by atoms with Crippen LogP contribution in [0.15, 0.2) is 34.4 Å². The van der Waals surface area contributed by atoms with Crippen molar-refractivity contribution >= 4 is 56.7 Å². The van der Waals surface area contributed by atoms with Gasteiger partial charge in [-0.05, 0) is 24.3 Å². The number of methoxy groups -OCH3 is 1. The van der Waals surface area contributed by atoms with Crippen molar-refractivity contribution in [1.29, 1.82) is 0 Å². The summed E-state index contributed by atoms with van der Waals surface area (Å²) in [6, 6.07) is 4.85. The zero-order chi connectivity index (χ0) is 22.0. The Labute approximate surface area is 181 Å². The summed E-state index contributed by atoms with van der Waals surface area (Å²) in [5.74, 6) is -1.53. The van der Waals surface area contributed by atoms with Crippen molar-refractivity contribution in [2.45, 2.75) is 6.54 Å². The zero-order valence-corrected chi connectivity index (χ0v) is 18.4. The lowest BCUT2D eigenvalue weighted by atomic mass is 10.1. The van der Waals surface area contributed by atoms with Crippen molar-refractivity contribution < 1.29 is 23.9 Å². The van der Waals surface area contributed by atoms with E-state index < -0.39 is 17.8 Å². The monoisotopic (exact) mass is 476 g/mol. The summed E-state index contributed by atoms with van der Waals surface area (Å²) < 4.78 is 7.48. The minimum Gasteiger partial charge on any atom is -0.383 e. The molecule has 10 heteroatoms. The number of nitrogens with one attached hydrogen (secondary N) is 1. The van der Waals surface area contributed by atoms with E-state index in [-0.39, 0.29) is 18.0 Å². The van der Waals surface area contributed by atoms with Gasteiger partial charge in [-0.15, -0.1) is 0 Å². The van der Waals surface area contributed by atoms with Gasteiger partial charge in [0.2, 0.25) is 5.91 Å². The van der Waals surface area contributed by atoms with Gasteiger partial charge in [0.25, 0.3) is 11.8 Å². The number of fused-ring (bicyclic) bond motifs is 1. The Morgan fingerprint density at radius 1 is 1.17 bits per heavy atom. The fourth-order valence-corrected chi connectivity index (χ4v) is 3.54. The molecule has 5 amide bonds. The van der Waals surface area contributed by atoms with E-state index in [1.54, 1.807) is 17.9 Å². The maximum atomic E-state index is 12.5. The summed E-state index contributed by atoms with van der Waals surface area (Å²) in [5.41, 5.74) is 1.23. The van der Waals surface area contributed by atoms with Crippen LogP contribution in [0.5, 0.6) is 0 Å². The van der Waals surface area contributed by atoms with E-state index in [1.165, 1.54) is 20.2 Å². The molecular formula is C20H21BrN4O5. The third kappa shape index (κ3) is 4.14. The number of carbonyl (C=O) groups excluding carboxylic acids is 4. The number of imide groups is 2. The fraction of sp³-hybridized carbons (Fsp3) is 0.300. The van der Waals surface area contributed by atoms with Crippen molar-refractivity contribution in [3.05, 3.63) is 40.0 Å². The number of benzene rings is 1. The van der Waals surface area contributed by atoms with Gasteiger partial charge in [-0.1, -0.05) is 15.9 Å². The molecule has 1 fully saturated rings. The number of nitrogens with zero attached hydrogens (tertiary/aromatic N) is 3. The number of likely N-dealkylation sites (N-methyl/N-ethyl adjacent to an activating group) is 2. The summed E-state index contributed by atoms with van der Waals surface area (Å²) >= 11 is 3.43. The highest BCUT2D eigenvalue weighted by atomic mass is 79.9. The Morgan fingerprint density at radius 3 is 2.47 bits per heavy atom. The SMILES string of the molecule is COCCNC(=O)Cn1cc(C=C2C(=O)N(C)C(=O)N(C)C2=O)c2cc(Br)ccc21. The molecule has 0 unspecified atom stereocenters. The van der Waals surface area contributed by atoms with Gasteiger partial charge >= 0.3 is 6.03 Å². The second-order valence-electron chi connectivity index (χ2n) is 6.79. The normalized spacial score (nSPS) is 14.7. The molecule has 1 aliphatic rings. The Morgan fingerprint density at radius 2 is 1.83 bits per heavy atom. The minimum absolute atomic E-state index is 0.0607. The first kappa shape index (κ1) is 21.7. The minimum atomic E-state index is -0.681. The Kier molecular flexibility index (Phi) is 6.37. The summed E-state index contributed by atoms with van der Waals surface area (Å²) in [6.07, 6.45) is 3.16. The number of carbonyl (C=O) groups is 4. The van der Waals surface area contributed by atoms with E-state index >= 15 is 0 Å². The van der Waals surface area contributed by atoms with E-state index in [1.807, 2.05) is 18.2 Å².